The molecule has 0 bridgehead atoms. The number of hydrogen-bond acceptors (Lipinski definition) is 10. The Labute approximate surface area is 251 Å². The zero-order valence-electron chi connectivity index (χ0n) is 23.4. The lowest BCUT2D eigenvalue weighted by molar-refractivity contribution is 0.101. The Hall–Kier alpha value is -4.73. The van der Waals surface area contributed by atoms with Crippen molar-refractivity contribution in [2.75, 3.05) is 18.0 Å². The highest BCUT2D eigenvalue weighted by molar-refractivity contribution is 7.09. The summed E-state index contributed by atoms with van der Waals surface area (Å²) in [6, 6.07) is 14.3. The van der Waals surface area contributed by atoms with E-state index in [0.29, 0.717) is 42.1 Å². The monoisotopic (exact) mass is 594 g/mol. The van der Waals surface area contributed by atoms with E-state index in [-0.39, 0.29) is 24.0 Å². The number of piperazine rings is 1. The normalized spacial score (nSPS) is 17.9. The number of halogens is 1. The van der Waals surface area contributed by atoms with Crippen molar-refractivity contribution in [2.24, 2.45) is 0 Å². The molecule has 4 heterocycles. The predicted molar refractivity (Wildman–Crippen MR) is 158 cm³/mol. The van der Waals surface area contributed by atoms with Gasteiger partial charge in [-0.05, 0) is 43.7 Å². The van der Waals surface area contributed by atoms with Crippen LogP contribution in [-0.2, 0) is 19.7 Å². The second-order valence-corrected chi connectivity index (χ2v) is 11.7. The topological polar surface area (TPSA) is 113 Å². The fourth-order valence-corrected chi connectivity index (χ4v) is 6.27. The first-order valence-corrected chi connectivity index (χ1v) is 14.9. The van der Waals surface area contributed by atoms with Crippen LogP contribution in [0.15, 0.2) is 60.4 Å². The van der Waals surface area contributed by atoms with E-state index >= 15 is 0 Å². The molecule has 5 aromatic rings. The van der Waals surface area contributed by atoms with Gasteiger partial charge in [-0.15, -0.1) is 11.3 Å². The number of ketones is 1. The van der Waals surface area contributed by atoms with E-state index in [4.69, 9.17) is 15.0 Å². The van der Waals surface area contributed by atoms with Crippen LogP contribution in [0.1, 0.15) is 45.5 Å². The molecule has 10 nitrogen and oxygen atoms in total. The summed E-state index contributed by atoms with van der Waals surface area (Å²) < 4.78 is 22.3. The van der Waals surface area contributed by atoms with Gasteiger partial charge in [0.05, 0.1) is 41.3 Å². The molecule has 12 heteroatoms. The second-order valence-electron chi connectivity index (χ2n) is 10.8. The zero-order chi connectivity index (χ0) is 29.5. The number of carbonyl (C=O) groups is 1. The Morgan fingerprint density at radius 3 is 2.84 bits per heavy atom. The highest BCUT2D eigenvalue weighted by Gasteiger charge is 2.50. The van der Waals surface area contributed by atoms with Crippen LogP contribution in [0.4, 0.5) is 10.3 Å². The second kappa shape index (κ2) is 11.2. The summed E-state index contributed by atoms with van der Waals surface area (Å²) in [6.07, 6.45) is 4.53. The molecule has 0 unspecified atom stereocenters. The van der Waals surface area contributed by atoms with Gasteiger partial charge in [-0.3, -0.25) is 14.7 Å². The molecule has 0 N–H and O–H groups in total. The molecular formula is C31H27FN8O2S. The minimum Gasteiger partial charge on any atom is -0.473 e. The molecule has 2 aromatic carbocycles. The number of nitriles is 1. The number of benzene rings is 2. The third kappa shape index (κ3) is 5.45. The maximum Gasteiger partial charge on any atom is 0.228 e. The molecule has 0 radical (unpaired) electrons. The molecule has 1 saturated heterocycles. The first kappa shape index (κ1) is 27.1. The van der Waals surface area contributed by atoms with E-state index in [2.05, 4.69) is 29.3 Å². The minimum absolute atomic E-state index is 0.00424. The predicted octanol–water partition coefficient (Wildman–Crippen LogP) is 4.59. The molecule has 1 aliphatic carbocycles. The molecule has 216 valence electrons. The quantitative estimate of drug-likeness (QED) is 0.226. The molecule has 1 saturated carbocycles. The van der Waals surface area contributed by atoms with Crippen molar-refractivity contribution in [3.63, 3.8) is 0 Å². The number of fused-ring (bicyclic) bond motifs is 2. The lowest BCUT2D eigenvalue weighted by Crippen LogP contribution is -2.46. The molecule has 2 atom stereocenters. The molecular weight excluding hydrogens is 567 g/mol. The first-order valence-electron chi connectivity index (χ1n) is 14.0. The minimum atomic E-state index is -0.481. The van der Waals surface area contributed by atoms with Crippen LogP contribution in [0.3, 0.4) is 0 Å². The SMILES string of the molecule is CC(=O)c1ccc2nc(CN3CCN(c4nccc(OCc5ccc(C#N)cc5F)n4)[C@@H]4C[C@@H]43)n(Cc3cncs3)c2c1. The van der Waals surface area contributed by atoms with Crippen LogP contribution in [0, 0.1) is 17.1 Å². The van der Waals surface area contributed by atoms with Gasteiger partial charge >= 0.3 is 0 Å². The summed E-state index contributed by atoms with van der Waals surface area (Å²) >= 11 is 1.61. The van der Waals surface area contributed by atoms with E-state index in [9.17, 15) is 9.18 Å². The van der Waals surface area contributed by atoms with Gasteiger partial charge < -0.3 is 14.2 Å². The fourth-order valence-electron chi connectivity index (χ4n) is 5.69. The van der Waals surface area contributed by atoms with Crippen molar-refractivity contribution in [1.29, 1.82) is 5.26 Å². The lowest BCUT2D eigenvalue weighted by Gasteiger charge is -2.34. The number of aromatic nitrogens is 5. The Bertz CT molecular complexity index is 1870. The maximum atomic E-state index is 14.3. The van der Waals surface area contributed by atoms with Crippen LogP contribution in [0.25, 0.3) is 11.0 Å². The molecule has 43 heavy (non-hydrogen) atoms. The van der Waals surface area contributed by atoms with E-state index < -0.39 is 5.82 Å². The van der Waals surface area contributed by atoms with Crippen molar-refractivity contribution in [3.8, 4) is 11.9 Å². The van der Waals surface area contributed by atoms with Gasteiger partial charge in [0.15, 0.2) is 5.78 Å². The van der Waals surface area contributed by atoms with Crippen LogP contribution in [0.5, 0.6) is 5.88 Å². The highest BCUT2D eigenvalue weighted by atomic mass is 32.1. The number of hydrogen-bond donors (Lipinski definition) is 0. The molecule has 2 aliphatic rings. The summed E-state index contributed by atoms with van der Waals surface area (Å²) in [4.78, 5) is 36.3. The van der Waals surface area contributed by atoms with Gasteiger partial charge in [0.2, 0.25) is 11.8 Å². The number of anilines is 1. The van der Waals surface area contributed by atoms with Crippen LogP contribution in [0.2, 0.25) is 0 Å². The summed E-state index contributed by atoms with van der Waals surface area (Å²) in [6.45, 7) is 4.49. The van der Waals surface area contributed by atoms with Gasteiger partial charge in [0, 0.05) is 59.6 Å². The van der Waals surface area contributed by atoms with E-state index in [1.165, 1.54) is 6.07 Å². The number of nitrogens with zero attached hydrogens (tertiary/aromatic N) is 8. The molecule has 7 rings (SSSR count). The van der Waals surface area contributed by atoms with Crippen molar-refractivity contribution in [3.05, 3.63) is 93.6 Å². The fraction of sp³-hybridized carbons (Fsp3) is 0.290. The smallest absolute Gasteiger partial charge is 0.228 e. The number of Topliss-reactive ketones (excluding diaryl/α,β-unsaturated/α-hetero) is 1. The Morgan fingerprint density at radius 2 is 2.05 bits per heavy atom. The Morgan fingerprint density at radius 1 is 1.14 bits per heavy atom. The highest BCUT2D eigenvalue weighted by Crippen LogP contribution is 2.39. The van der Waals surface area contributed by atoms with Gasteiger partial charge in [-0.2, -0.15) is 10.2 Å². The number of rotatable bonds is 9. The molecule has 3 aromatic heterocycles. The largest absolute Gasteiger partial charge is 0.473 e. The lowest BCUT2D eigenvalue weighted by atomic mass is 10.1. The van der Waals surface area contributed by atoms with Gasteiger partial charge in [0.25, 0.3) is 0 Å². The van der Waals surface area contributed by atoms with Gasteiger partial charge in [-0.25, -0.2) is 14.4 Å². The van der Waals surface area contributed by atoms with Gasteiger partial charge in [0.1, 0.15) is 18.2 Å². The van der Waals surface area contributed by atoms with Crippen molar-refractivity contribution in [1.82, 2.24) is 29.4 Å². The number of imidazole rings is 1. The molecule has 0 spiro atoms. The van der Waals surface area contributed by atoms with E-state index in [1.807, 2.05) is 36.0 Å². The summed E-state index contributed by atoms with van der Waals surface area (Å²) in [7, 11) is 0. The van der Waals surface area contributed by atoms with E-state index in [1.54, 1.807) is 42.7 Å². The van der Waals surface area contributed by atoms with Crippen LogP contribution >= 0.6 is 11.3 Å². The van der Waals surface area contributed by atoms with Crippen molar-refractivity contribution < 1.29 is 13.9 Å². The molecule has 0 amide bonds. The van der Waals surface area contributed by atoms with Gasteiger partial charge in [-0.1, -0.05) is 6.07 Å². The average Bonchev–Trinajstić information content (AvgIpc) is 3.53. The standard InChI is InChI=1S/C31H27FN8O2S/c1-19(41)21-4-5-25-26(11-21)40(15-23-14-34-18-43-23)29(36-25)16-38-8-9-39(28-12-27(28)38)31-35-7-6-30(37-31)42-17-22-3-2-20(13-33)10-24(22)32/h2-7,10-11,14,18,27-28H,8-9,12,15-17H2,1H3/t27-,28+/m0/s1. The van der Waals surface area contributed by atoms with Crippen LogP contribution < -0.4 is 9.64 Å². The van der Waals surface area contributed by atoms with E-state index in [0.717, 1.165) is 41.2 Å². The third-order valence-corrected chi connectivity index (χ3v) is 8.79. The van der Waals surface area contributed by atoms with Crippen molar-refractivity contribution in [2.45, 2.75) is 45.1 Å². The third-order valence-electron chi connectivity index (χ3n) is 8.03. The molecule has 1 aliphatic heterocycles. The average molecular weight is 595 g/mol. The first-order chi connectivity index (χ1) is 21.0. The summed E-state index contributed by atoms with van der Waals surface area (Å²) in [5.74, 6) is 1.48. The number of thiazole rings is 1. The Kier molecular flexibility index (Phi) is 7.04. The maximum absolute atomic E-state index is 14.3. The number of ether oxygens (including phenoxy) is 1. The Balaban J connectivity index is 1.06. The molecule has 2 fully saturated rings. The summed E-state index contributed by atoms with van der Waals surface area (Å²) in [5, 5.41) is 8.96. The van der Waals surface area contributed by atoms with Crippen LogP contribution in [-0.4, -0.2) is 60.4 Å². The summed E-state index contributed by atoms with van der Waals surface area (Å²) in [5.41, 5.74) is 4.96. The van der Waals surface area contributed by atoms with Crippen molar-refractivity contribution >= 4 is 34.1 Å². The number of carbonyl (C=O) groups excluding carboxylic acids is 1. The zero-order valence-corrected chi connectivity index (χ0v) is 24.2.